The Morgan fingerprint density at radius 1 is 1.27 bits per heavy atom. The molecular weight excluding hydrogens is 190 g/mol. The van der Waals surface area contributed by atoms with Crippen LogP contribution < -0.4 is 5.56 Å². The van der Waals surface area contributed by atoms with Crippen molar-refractivity contribution in [3.63, 3.8) is 0 Å². The molecule has 80 valence electrons. The van der Waals surface area contributed by atoms with Crippen LogP contribution in [-0.4, -0.2) is 14.2 Å². The highest BCUT2D eigenvalue weighted by molar-refractivity contribution is 5.54. The Labute approximate surface area is 88.2 Å². The summed E-state index contributed by atoms with van der Waals surface area (Å²) in [7, 11) is 1.75. The van der Waals surface area contributed by atoms with Crippen molar-refractivity contribution >= 4 is 5.52 Å². The Morgan fingerprint density at radius 2 is 1.93 bits per heavy atom. The highest BCUT2D eigenvalue weighted by Gasteiger charge is 2.20. The van der Waals surface area contributed by atoms with Crippen LogP contribution in [0.15, 0.2) is 23.4 Å². The van der Waals surface area contributed by atoms with Crippen molar-refractivity contribution < 1.29 is 0 Å². The van der Waals surface area contributed by atoms with E-state index in [9.17, 15) is 4.79 Å². The minimum Gasteiger partial charge on any atom is -0.315 e. The van der Waals surface area contributed by atoms with E-state index in [2.05, 4.69) is 25.9 Å². The van der Waals surface area contributed by atoms with Gasteiger partial charge in [0.25, 0.3) is 5.56 Å². The normalized spacial score (nSPS) is 12.3. The van der Waals surface area contributed by atoms with E-state index in [-0.39, 0.29) is 11.0 Å². The first-order valence-electron chi connectivity index (χ1n) is 4.95. The fourth-order valence-electron chi connectivity index (χ4n) is 1.64. The Morgan fingerprint density at radius 3 is 2.53 bits per heavy atom. The summed E-state index contributed by atoms with van der Waals surface area (Å²) in [5.74, 6) is 0. The fraction of sp³-hybridized carbons (Fsp3) is 0.455. The van der Waals surface area contributed by atoms with E-state index < -0.39 is 0 Å². The standard InChI is InChI=1S/C11H15N3O/c1-11(2,3)8-7-12-14-6-5-13(4)10(15)9(8)14/h5-7H,1-4H3. The molecule has 0 unspecified atom stereocenters. The molecule has 0 saturated carbocycles. The van der Waals surface area contributed by atoms with Crippen LogP contribution in [0.25, 0.3) is 5.52 Å². The Bertz CT molecular complexity index is 557. The van der Waals surface area contributed by atoms with Gasteiger partial charge in [-0.15, -0.1) is 0 Å². The number of nitrogens with zero attached hydrogens (tertiary/aromatic N) is 3. The first-order chi connectivity index (χ1) is 6.91. The molecule has 0 amide bonds. The second-order valence-corrected chi connectivity index (χ2v) is 4.82. The minimum atomic E-state index is -0.0603. The van der Waals surface area contributed by atoms with Gasteiger partial charge in [-0.2, -0.15) is 5.10 Å². The van der Waals surface area contributed by atoms with Gasteiger partial charge in [0.2, 0.25) is 0 Å². The largest absolute Gasteiger partial charge is 0.315 e. The third kappa shape index (κ3) is 1.46. The summed E-state index contributed by atoms with van der Waals surface area (Å²) < 4.78 is 3.22. The second kappa shape index (κ2) is 2.95. The Kier molecular flexibility index (Phi) is 1.96. The lowest BCUT2D eigenvalue weighted by Crippen LogP contribution is -2.21. The quantitative estimate of drug-likeness (QED) is 0.651. The Hall–Kier alpha value is -1.58. The lowest BCUT2D eigenvalue weighted by Gasteiger charge is -2.16. The zero-order valence-corrected chi connectivity index (χ0v) is 9.48. The van der Waals surface area contributed by atoms with Gasteiger partial charge in [-0.25, -0.2) is 4.52 Å². The average Bonchev–Trinajstić information content (AvgIpc) is 2.54. The van der Waals surface area contributed by atoms with E-state index >= 15 is 0 Å². The predicted molar refractivity (Wildman–Crippen MR) is 59.1 cm³/mol. The molecule has 4 heteroatoms. The van der Waals surface area contributed by atoms with Crippen LogP contribution in [-0.2, 0) is 12.5 Å². The second-order valence-electron chi connectivity index (χ2n) is 4.82. The highest BCUT2D eigenvalue weighted by Crippen LogP contribution is 2.24. The lowest BCUT2D eigenvalue weighted by atomic mass is 9.88. The highest BCUT2D eigenvalue weighted by atomic mass is 16.1. The molecule has 0 N–H and O–H groups in total. The predicted octanol–water partition coefficient (Wildman–Crippen LogP) is 1.33. The maximum absolute atomic E-state index is 12.0. The number of hydrogen-bond acceptors (Lipinski definition) is 2. The lowest BCUT2D eigenvalue weighted by molar-refractivity contribution is 0.594. The van der Waals surface area contributed by atoms with E-state index in [0.717, 1.165) is 5.56 Å². The molecule has 2 aromatic heterocycles. The van der Waals surface area contributed by atoms with Gasteiger partial charge >= 0.3 is 0 Å². The molecule has 0 bridgehead atoms. The SMILES string of the molecule is Cn1ccn2ncc(C(C)(C)C)c2c1=O. The fourth-order valence-corrected chi connectivity index (χ4v) is 1.64. The number of hydrogen-bond donors (Lipinski definition) is 0. The summed E-state index contributed by atoms with van der Waals surface area (Å²) >= 11 is 0. The zero-order valence-electron chi connectivity index (χ0n) is 9.48. The third-order valence-corrected chi connectivity index (χ3v) is 2.56. The molecule has 2 rings (SSSR count). The van der Waals surface area contributed by atoms with Crippen molar-refractivity contribution in [1.29, 1.82) is 0 Å². The van der Waals surface area contributed by atoms with Crippen LogP contribution in [0.1, 0.15) is 26.3 Å². The van der Waals surface area contributed by atoms with Crippen LogP contribution in [0.2, 0.25) is 0 Å². The molecule has 15 heavy (non-hydrogen) atoms. The molecule has 0 atom stereocenters. The summed E-state index contributed by atoms with van der Waals surface area (Å²) in [4.78, 5) is 12.0. The summed E-state index contributed by atoms with van der Waals surface area (Å²) in [5.41, 5.74) is 1.60. The van der Waals surface area contributed by atoms with Gasteiger partial charge in [-0.1, -0.05) is 20.8 Å². The molecule has 4 nitrogen and oxygen atoms in total. The molecule has 0 aromatic carbocycles. The van der Waals surface area contributed by atoms with E-state index in [4.69, 9.17) is 0 Å². The Balaban J connectivity index is 2.90. The number of aromatic nitrogens is 3. The van der Waals surface area contributed by atoms with Crippen LogP contribution in [0.3, 0.4) is 0 Å². The van der Waals surface area contributed by atoms with Gasteiger partial charge in [0.15, 0.2) is 0 Å². The van der Waals surface area contributed by atoms with Crippen LogP contribution >= 0.6 is 0 Å². The van der Waals surface area contributed by atoms with Crippen LogP contribution in [0, 0.1) is 0 Å². The van der Waals surface area contributed by atoms with E-state index in [1.165, 1.54) is 0 Å². The monoisotopic (exact) mass is 205 g/mol. The topological polar surface area (TPSA) is 39.3 Å². The van der Waals surface area contributed by atoms with E-state index in [0.29, 0.717) is 5.52 Å². The van der Waals surface area contributed by atoms with E-state index in [1.807, 2.05) is 0 Å². The first-order valence-corrected chi connectivity index (χ1v) is 4.95. The molecule has 0 spiro atoms. The first kappa shape index (κ1) is 9.96. The molecule has 2 aromatic rings. The molecule has 0 aliphatic carbocycles. The summed E-state index contributed by atoms with van der Waals surface area (Å²) in [5, 5.41) is 4.19. The zero-order chi connectivity index (χ0) is 11.2. The maximum atomic E-state index is 12.0. The molecule has 0 saturated heterocycles. The van der Waals surface area contributed by atoms with Gasteiger partial charge in [0.1, 0.15) is 5.52 Å². The minimum absolute atomic E-state index is 0.0000694. The van der Waals surface area contributed by atoms with Gasteiger partial charge in [-0.3, -0.25) is 4.79 Å². The number of aryl methyl sites for hydroxylation is 1. The van der Waals surface area contributed by atoms with Crippen molar-refractivity contribution in [3.8, 4) is 0 Å². The third-order valence-electron chi connectivity index (χ3n) is 2.56. The summed E-state index contributed by atoms with van der Waals surface area (Å²) in [6.07, 6.45) is 5.29. The van der Waals surface area contributed by atoms with Crippen molar-refractivity contribution in [2.45, 2.75) is 26.2 Å². The summed E-state index contributed by atoms with van der Waals surface area (Å²) in [6.45, 7) is 6.24. The molecule has 0 aliphatic rings. The maximum Gasteiger partial charge on any atom is 0.276 e. The molecular formula is C11H15N3O. The molecule has 0 aliphatic heterocycles. The van der Waals surface area contributed by atoms with Crippen molar-refractivity contribution in [3.05, 3.63) is 34.5 Å². The van der Waals surface area contributed by atoms with Crippen molar-refractivity contribution in [2.24, 2.45) is 7.05 Å². The number of rotatable bonds is 0. The van der Waals surface area contributed by atoms with Gasteiger partial charge < -0.3 is 4.57 Å². The van der Waals surface area contributed by atoms with E-state index in [1.54, 1.807) is 34.7 Å². The van der Waals surface area contributed by atoms with Gasteiger partial charge in [-0.05, 0) is 5.41 Å². The number of fused-ring (bicyclic) bond motifs is 1. The van der Waals surface area contributed by atoms with Crippen molar-refractivity contribution in [2.75, 3.05) is 0 Å². The molecule has 0 fully saturated rings. The van der Waals surface area contributed by atoms with Crippen LogP contribution in [0.4, 0.5) is 0 Å². The van der Waals surface area contributed by atoms with Crippen molar-refractivity contribution in [1.82, 2.24) is 14.2 Å². The molecule has 0 radical (unpaired) electrons. The average molecular weight is 205 g/mol. The molecule has 2 heterocycles. The van der Waals surface area contributed by atoms with Crippen LogP contribution in [0.5, 0.6) is 0 Å². The smallest absolute Gasteiger partial charge is 0.276 e. The summed E-state index contributed by atoms with van der Waals surface area (Å²) in [6, 6.07) is 0. The van der Waals surface area contributed by atoms with Gasteiger partial charge in [0, 0.05) is 25.0 Å². The van der Waals surface area contributed by atoms with Gasteiger partial charge in [0.05, 0.1) is 6.20 Å².